The van der Waals surface area contributed by atoms with Crippen molar-refractivity contribution in [3.05, 3.63) is 0 Å². The van der Waals surface area contributed by atoms with E-state index >= 15 is 0 Å². The molecule has 17 heavy (non-hydrogen) atoms. The fourth-order valence-electron chi connectivity index (χ4n) is 3.15. The Kier molecular flexibility index (Phi) is 5.26. The van der Waals surface area contributed by atoms with Gasteiger partial charge in [-0.2, -0.15) is 0 Å². The molecule has 2 aliphatic rings. The second kappa shape index (κ2) is 6.72. The van der Waals surface area contributed by atoms with Gasteiger partial charge < -0.3 is 14.7 Å². The van der Waals surface area contributed by atoms with E-state index in [1.54, 1.807) is 0 Å². The second-order valence-electron chi connectivity index (χ2n) is 5.86. The van der Waals surface area contributed by atoms with Crippen molar-refractivity contribution in [2.45, 2.75) is 44.9 Å². The number of rotatable bonds is 3. The first-order valence-corrected chi connectivity index (χ1v) is 7.26. The average Bonchev–Trinajstić information content (AvgIpc) is 2.34. The molecule has 1 N–H and O–H groups in total. The lowest BCUT2D eigenvalue weighted by Gasteiger charge is -2.40. The summed E-state index contributed by atoms with van der Waals surface area (Å²) in [5.41, 5.74) is 0.0252. The van der Waals surface area contributed by atoms with Crippen molar-refractivity contribution in [3.8, 4) is 0 Å². The number of likely N-dealkylation sites (tertiary alicyclic amines) is 1. The smallest absolute Gasteiger partial charge is 0.0556 e. The van der Waals surface area contributed by atoms with Crippen LogP contribution in [0.4, 0.5) is 0 Å². The van der Waals surface area contributed by atoms with E-state index in [1.807, 2.05) is 0 Å². The molecule has 0 aromatic heterocycles. The summed E-state index contributed by atoms with van der Waals surface area (Å²) in [4.78, 5) is 2.56. The summed E-state index contributed by atoms with van der Waals surface area (Å²) < 4.78 is 5.59. The maximum absolute atomic E-state index is 9.69. The van der Waals surface area contributed by atoms with E-state index in [4.69, 9.17) is 4.74 Å². The molecule has 0 bridgehead atoms. The highest BCUT2D eigenvalue weighted by atomic mass is 16.5. The highest BCUT2D eigenvalue weighted by Gasteiger charge is 2.34. The molecule has 1 unspecified atom stereocenters. The van der Waals surface area contributed by atoms with E-state index in [2.05, 4.69) is 4.90 Å². The molecule has 1 atom stereocenters. The number of hydrogen-bond donors (Lipinski definition) is 1. The van der Waals surface area contributed by atoms with Gasteiger partial charge in [0.2, 0.25) is 0 Å². The molecular weight excluding hydrogens is 214 g/mol. The lowest BCUT2D eigenvalue weighted by molar-refractivity contribution is -0.0560. The molecule has 0 amide bonds. The first-order valence-electron chi connectivity index (χ1n) is 7.26. The third kappa shape index (κ3) is 3.94. The summed E-state index contributed by atoms with van der Waals surface area (Å²) in [5, 5.41) is 9.69. The maximum atomic E-state index is 9.69. The van der Waals surface area contributed by atoms with Gasteiger partial charge in [-0.1, -0.05) is 19.3 Å². The minimum Gasteiger partial charge on any atom is -0.396 e. The van der Waals surface area contributed by atoms with Gasteiger partial charge in [-0.05, 0) is 38.8 Å². The van der Waals surface area contributed by atoms with Crippen molar-refractivity contribution in [2.24, 2.45) is 5.41 Å². The van der Waals surface area contributed by atoms with Gasteiger partial charge in [0, 0.05) is 18.6 Å². The van der Waals surface area contributed by atoms with E-state index < -0.39 is 0 Å². The Morgan fingerprint density at radius 2 is 1.71 bits per heavy atom. The van der Waals surface area contributed by atoms with Crippen LogP contribution in [-0.4, -0.2) is 49.5 Å². The Labute approximate surface area is 105 Å². The Hall–Kier alpha value is -0.120. The second-order valence-corrected chi connectivity index (χ2v) is 5.86. The van der Waals surface area contributed by atoms with E-state index in [0.717, 1.165) is 32.6 Å². The summed E-state index contributed by atoms with van der Waals surface area (Å²) in [7, 11) is 0. The Morgan fingerprint density at radius 1 is 1.00 bits per heavy atom. The van der Waals surface area contributed by atoms with Crippen LogP contribution in [0.1, 0.15) is 44.9 Å². The molecule has 2 aliphatic heterocycles. The van der Waals surface area contributed by atoms with Crippen LogP contribution in [-0.2, 0) is 4.74 Å². The zero-order valence-electron chi connectivity index (χ0n) is 11.0. The quantitative estimate of drug-likeness (QED) is 0.821. The molecule has 3 nitrogen and oxygen atoms in total. The number of aliphatic hydroxyl groups is 1. The van der Waals surface area contributed by atoms with Crippen LogP contribution >= 0.6 is 0 Å². The molecule has 2 fully saturated rings. The van der Waals surface area contributed by atoms with Crippen molar-refractivity contribution in [1.82, 2.24) is 4.90 Å². The van der Waals surface area contributed by atoms with Gasteiger partial charge in [-0.3, -0.25) is 0 Å². The number of hydrogen-bond acceptors (Lipinski definition) is 3. The van der Waals surface area contributed by atoms with Crippen LogP contribution in [0.3, 0.4) is 0 Å². The highest BCUT2D eigenvalue weighted by Crippen LogP contribution is 2.29. The van der Waals surface area contributed by atoms with E-state index in [9.17, 15) is 5.11 Å². The van der Waals surface area contributed by atoms with Crippen molar-refractivity contribution >= 4 is 0 Å². The molecule has 0 aromatic rings. The zero-order valence-corrected chi connectivity index (χ0v) is 11.0. The molecule has 0 saturated carbocycles. The van der Waals surface area contributed by atoms with Crippen molar-refractivity contribution in [3.63, 3.8) is 0 Å². The Morgan fingerprint density at radius 3 is 2.29 bits per heavy atom. The number of aliphatic hydroxyl groups excluding tert-OH is 1. The third-order valence-electron chi connectivity index (χ3n) is 4.25. The molecule has 0 spiro atoms. The van der Waals surface area contributed by atoms with Crippen LogP contribution in [0.5, 0.6) is 0 Å². The van der Waals surface area contributed by atoms with Gasteiger partial charge in [-0.25, -0.2) is 0 Å². The van der Waals surface area contributed by atoms with Gasteiger partial charge in [0.25, 0.3) is 0 Å². The molecule has 2 heterocycles. The fraction of sp³-hybridized carbons (Fsp3) is 1.00. The minimum atomic E-state index is 0.0252. The Balaban J connectivity index is 1.86. The van der Waals surface area contributed by atoms with Crippen LogP contribution in [0, 0.1) is 5.41 Å². The van der Waals surface area contributed by atoms with Gasteiger partial charge in [0.1, 0.15) is 0 Å². The summed E-state index contributed by atoms with van der Waals surface area (Å²) in [6.07, 6.45) is 9.03. The fourth-order valence-corrected chi connectivity index (χ4v) is 3.15. The van der Waals surface area contributed by atoms with E-state index in [1.165, 1.54) is 45.2 Å². The standard InChI is InChI=1S/C14H27NO2/c16-12-14(7-6-10-17-13-14)11-15-8-4-2-1-3-5-9-15/h16H,1-13H2. The molecule has 100 valence electrons. The third-order valence-corrected chi connectivity index (χ3v) is 4.25. The molecule has 0 radical (unpaired) electrons. The lowest BCUT2D eigenvalue weighted by atomic mass is 9.82. The molecule has 2 saturated heterocycles. The lowest BCUT2D eigenvalue weighted by Crippen LogP contribution is -2.46. The van der Waals surface area contributed by atoms with Crippen molar-refractivity contribution in [2.75, 3.05) is 39.5 Å². The molecule has 0 aromatic carbocycles. The van der Waals surface area contributed by atoms with Gasteiger partial charge in [0.15, 0.2) is 0 Å². The summed E-state index contributed by atoms with van der Waals surface area (Å²) in [5.74, 6) is 0. The molecular formula is C14H27NO2. The van der Waals surface area contributed by atoms with Gasteiger partial charge >= 0.3 is 0 Å². The summed E-state index contributed by atoms with van der Waals surface area (Å²) in [6, 6.07) is 0. The molecule has 3 heteroatoms. The zero-order chi connectivity index (χ0) is 12.0. The maximum Gasteiger partial charge on any atom is 0.0556 e. The van der Waals surface area contributed by atoms with Crippen LogP contribution in [0.2, 0.25) is 0 Å². The first-order chi connectivity index (χ1) is 8.35. The van der Waals surface area contributed by atoms with Crippen molar-refractivity contribution < 1.29 is 9.84 Å². The van der Waals surface area contributed by atoms with E-state index in [0.29, 0.717) is 0 Å². The van der Waals surface area contributed by atoms with Gasteiger partial charge in [-0.15, -0.1) is 0 Å². The summed E-state index contributed by atoms with van der Waals surface area (Å²) in [6.45, 7) is 5.36. The minimum absolute atomic E-state index is 0.0252. The number of ether oxygens (including phenoxy) is 1. The largest absolute Gasteiger partial charge is 0.396 e. The Bertz CT molecular complexity index is 206. The van der Waals surface area contributed by atoms with E-state index in [-0.39, 0.29) is 12.0 Å². The predicted molar refractivity (Wildman–Crippen MR) is 69.1 cm³/mol. The molecule has 0 aliphatic carbocycles. The summed E-state index contributed by atoms with van der Waals surface area (Å²) >= 11 is 0. The van der Waals surface area contributed by atoms with Crippen molar-refractivity contribution in [1.29, 1.82) is 0 Å². The van der Waals surface area contributed by atoms with Crippen LogP contribution in [0.25, 0.3) is 0 Å². The van der Waals surface area contributed by atoms with Gasteiger partial charge in [0.05, 0.1) is 13.2 Å². The predicted octanol–water partition coefficient (Wildman–Crippen LogP) is 2.04. The SMILES string of the molecule is OCC1(CN2CCCCCCC2)CCCOC1. The van der Waals surface area contributed by atoms with Crippen LogP contribution < -0.4 is 0 Å². The topological polar surface area (TPSA) is 32.7 Å². The number of nitrogens with zero attached hydrogens (tertiary/aromatic N) is 1. The first kappa shape index (κ1) is 13.3. The monoisotopic (exact) mass is 241 g/mol. The molecule has 2 rings (SSSR count). The average molecular weight is 241 g/mol. The normalized spacial score (nSPS) is 33.0. The van der Waals surface area contributed by atoms with Crippen LogP contribution in [0.15, 0.2) is 0 Å². The highest BCUT2D eigenvalue weighted by molar-refractivity contribution is 4.85.